The van der Waals surface area contributed by atoms with Crippen LogP contribution >= 0.6 is 0 Å². The first kappa shape index (κ1) is 10.3. The molecule has 2 aromatic rings. The van der Waals surface area contributed by atoms with Crippen LogP contribution in [0.15, 0.2) is 12.4 Å². The van der Waals surface area contributed by atoms with Crippen LogP contribution in [0, 0.1) is 0 Å². The molecule has 2 aromatic heterocycles. The van der Waals surface area contributed by atoms with Crippen LogP contribution in [-0.4, -0.2) is 30.7 Å². The van der Waals surface area contributed by atoms with Gasteiger partial charge in [0.1, 0.15) is 0 Å². The third-order valence-corrected chi connectivity index (χ3v) is 1.69. The first-order valence-electron chi connectivity index (χ1n) is 3.91. The Balaban J connectivity index is 2.59. The molecule has 0 saturated heterocycles. The maximum absolute atomic E-state index is 12.2. The van der Waals surface area contributed by atoms with E-state index in [0.29, 0.717) is 4.52 Å². The lowest BCUT2D eigenvalue weighted by Gasteiger charge is -1.96. The predicted molar refractivity (Wildman–Crippen MR) is 42.7 cm³/mol. The molecule has 2 heterocycles. The highest BCUT2D eigenvalue weighted by molar-refractivity contribution is 5.86. The van der Waals surface area contributed by atoms with Gasteiger partial charge in [0.2, 0.25) is 0 Å². The maximum Gasteiger partial charge on any atom is 0.453 e. The molecule has 0 amide bonds. The monoisotopic (exact) mass is 232 g/mol. The second-order valence-corrected chi connectivity index (χ2v) is 2.83. The van der Waals surface area contributed by atoms with Gasteiger partial charge in [-0.25, -0.2) is 14.3 Å². The molecule has 2 rings (SSSR count). The highest BCUT2D eigenvalue weighted by atomic mass is 19.4. The molecule has 0 aliphatic carbocycles. The van der Waals surface area contributed by atoms with Crippen molar-refractivity contribution in [3.63, 3.8) is 0 Å². The summed E-state index contributed by atoms with van der Waals surface area (Å²) in [4.78, 5) is 17.1. The second-order valence-electron chi connectivity index (χ2n) is 2.83. The molecule has 0 aromatic carbocycles. The number of carboxylic acid groups (broad SMARTS) is 1. The Hall–Kier alpha value is -2.19. The number of aromatic carboxylic acids is 1. The minimum atomic E-state index is -4.68. The molecule has 0 spiro atoms. The average Bonchev–Trinajstić information content (AvgIpc) is 2.58. The van der Waals surface area contributed by atoms with Crippen molar-refractivity contribution in [2.45, 2.75) is 6.18 Å². The first-order chi connectivity index (χ1) is 7.38. The molecular formula is C7H3F3N4O2. The van der Waals surface area contributed by atoms with Crippen LogP contribution in [0.5, 0.6) is 0 Å². The van der Waals surface area contributed by atoms with E-state index in [1.54, 1.807) is 0 Å². The standard InChI is InChI=1S/C7H3F3N4O2/c8-7(9,10)5-12-6-11-1-3(4(15)16)2-14(6)13-5/h1-2H,(H,15,16). The Morgan fingerprint density at radius 1 is 1.44 bits per heavy atom. The Bertz CT molecular complexity index is 562. The molecular weight excluding hydrogens is 229 g/mol. The summed E-state index contributed by atoms with van der Waals surface area (Å²) in [6.07, 6.45) is -2.86. The van der Waals surface area contributed by atoms with E-state index in [9.17, 15) is 18.0 Å². The second kappa shape index (κ2) is 3.15. The maximum atomic E-state index is 12.2. The molecule has 0 aliphatic rings. The number of carbonyl (C=O) groups is 1. The number of nitrogens with zero attached hydrogens (tertiary/aromatic N) is 4. The molecule has 84 valence electrons. The predicted octanol–water partition coefficient (Wildman–Crippen LogP) is 0.841. The normalized spacial score (nSPS) is 11.9. The number of hydrogen-bond acceptors (Lipinski definition) is 4. The molecule has 0 radical (unpaired) electrons. The quantitative estimate of drug-likeness (QED) is 0.787. The van der Waals surface area contributed by atoms with Crippen molar-refractivity contribution < 1.29 is 23.1 Å². The van der Waals surface area contributed by atoms with Gasteiger partial charge >= 0.3 is 12.1 Å². The van der Waals surface area contributed by atoms with Crippen LogP contribution in [0.1, 0.15) is 16.2 Å². The summed E-state index contributed by atoms with van der Waals surface area (Å²) in [5, 5.41) is 11.7. The van der Waals surface area contributed by atoms with Crippen LogP contribution in [-0.2, 0) is 6.18 Å². The fourth-order valence-electron chi connectivity index (χ4n) is 1.01. The van der Waals surface area contributed by atoms with Crippen molar-refractivity contribution in [2.24, 2.45) is 0 Å². The number of hydrogen-bond donors (Lipinski definition) is 1. The zero-order chi connectivity index (χ0) is 11.9. The molecule has 9 heteroatoms. The number of carboxylic acids is 1. The van der Waals surface area contributed by atoms with Crippen molar-refractivity contribution in [1.82, 2.24) is 19.6 Å². The molecule has 1 N–H and O–H groups in total. The summed E-state index contributed by atoms with van der Waals surface area (Å²) in [7, 11) is 0. The van der Waals surface area contributed by atoms with Gasteiger partial charge in [0.25, 0.3) is 11.6 Å². The first-order valence-corrected chi connectivity index (χ1v) is 3.91. The van der Waals surface area contributed by atoms with Crippen molar-refractivity contribution in [3.05, 3.63) is 23.8 Å². The average molecular weight is 232 g/mol. The van der Waals surface area contributed by atoms with E-state index in [4.69, 9.17) is 5.11 Å². The van der Waals surface area contributed by atoms with Gasteiger partial charge in [-0.05, 0) is 0 Å². The summed E-state index contributed by atoms with van der Waals surface area (Å²) in [6.45, 7) is 0. The Morgan fingerprint density at radius 2 is 2.12 bits per heavy atom. The lowest BCUT2D eigenvalue weighted by Crippen LogP contribution is -2.07. The molecule has 0 saturated carbocycles. The van der Waals surface area contributed by atoms with Crippen molar-refractivity contribution in [3.8, 4) is 0 Å². The minimum Gasteiger partial charge on any atom is -0.478 e. The van der Waals surface area contributed by atoms with Gasteiger partial charge in [-0.15, -0.1) is 5.10 Å². The fourth-order valence-corrected chi connectivity index (χ4v) is 1.01. The topological polar surface area (TPSA) is 80.4 Å². The summed E-state index contributed by atoms with van der Waals surface area (Å²) >= 11 is 0. The third-order valence-electron chi connectivity index (χ3n) is 1.69. The van der Waals surface area contributed by atoms with Crippen molar-refractivity contribution in [1.29, 1.82) is 0 Å². The minimum absolute atomic E-state index is 0.272. The number of halogens is 3. The molecule has 16 heavy (non-hydrogen) atoms. The largest absolute Gasteiger partial charge is 0.478 e. The molecule has 0 bridgehead atoms. The zero-order valence-electron chi connectivity index (χ0n) is 7.43. The molecule has 0 fully saturated rings. The number of rotatable bonds is 1. The van der Waals surface area contributed by atoms with Gasteiger partial charge < -0.3 is 5.11 Å². The lowest BCUT2D eigenvalue weighted by atomic mass is 10.4. The fraction of sp³-hybridized carbons (Fsp3) is 0.143. The van der Waals surface area contributed by atoms with Gasteiger partial charge in [0, 0.05) is 12.4 Å². The molecule has 0 unspecified atom stereocenters. The molecule has 6 nitrogen and oxygen atoms in total. The van der Waals surface area contributed by atoms with E-state index >= 15 is 0 Å². The van der Waals surface area contributed by atoms with Crippen LogP contribution in [0.4, 0.5) is 13.2 Å². The van der Waals surface area contributed by atoms with Crippen LogP contribution in [0.2, 0.25) is 0 Å². The Labute approximate surface area is 85.4 Å². The number of fused-ring (bicyclic) bond motifs is 1. The molecule has 0 aliphatic heterocycles. The van der Waals surface area contributed by atoms with Crippen LogP contribution < -0.4 is 0 Å². The van der Waals surface area contributed by atoms with Gasteiger partial charge in [-0.1, -0.05) is 0 Å². The third kappa shape index (κ3) is 1.66. The van der Waals surface area contributed by atoms with Crippen molar-refractivity contribution in [2.75, 3.05) is 0 Å². The van der Waals surface area contributed by atoms with E-state index in [-0.39, 0.29) is 11.3 Å². The Kier molecular flexibility index (Phi) is 2.04. The number of aromatic nitrogens is 4. The number of alkyl halides is 3. The highest BCUT2D eigenvalue weighted by Crippen LogP contribution is 2.26. The van der Waals surface area contributed by atoms with E-state index in [1.807, 2.05) is 0 Å². The van der Waals surface area contributed by atoms with Gasteiger partial charge in [-0.3, -0.25) is 0 Å². The zero-order valence-corrected chi connectivity index (χ0v) is 7.43. The summed E-state index contributed by atoms with van der Waals surface area (Å²) in [5.41, 5.74) is -0.272. The van der Waals surface area contributed by atoms with Crippen molar-refractivity contribution >= 4 is 11.7 Å². The Morgan fingerprint density at radius 3 is 2.69 bits per heavy atom. The summed E-state index contributed by atoms with van der Waals surface area (Å²) in [6, 6.07) is 0. The van der Waals surface area contributed by atoms with Crippen LogP contribution in [0.25, 0.3) is 5.78 Å². The van der Waals surface area contributed by atoms with Gasteiger partial charge in [-0.2, -0.15) is 18.2 Å². The van der Waals surface area contributed by atoms with Crippen LogP contribution in [0.3, 0.4) is 0 Å². The smallest absolute Gasteiger partial charge is 0.453 e. The summed E-state index contributed by atoms with van der Waals surface area (Å²) < 4.78 is 37.3. The van der Waals surface area contributed by atoms with E-state index in [0.717, 1.165) is 12.4 Å². The highest BCUT2D eigenvalue weighted by Gasteiger charge is 2.36. The van der Waals surface area contributed by atoms with E-state index in [1.165, 1.54) is 0 Å². The molecule has 0 atom stereocenters. The van der Waals surface area contributed by atoms with E-state index in [2.05, 4.69) is 15.1 Å². The summed E-state index contributed by atoms with van der Waals surface area (Å²) in [5.74, 6) is -2.97. The van der Waals surface area contributed by atoms with Gasteiger partial charge in [0.05, 0.1) is 5.56 Å². The van der Waals surface area contributed by atoms with E-state index < -0.39 is 18.0 Å². The lowest BCUT2D eigenvalue weighted by molar-refractivity contribution is -0.144. The van der Waals surface area contributed by atoms with Gasteiger partial charge in [0.15, 0.2) is 0 Å². The SMILES string of the molecule is O=C(O)c1cnc2nc(C(F)(F)F)nn2c1.